The zero-order valence-corrected chi connectivity index (χ0v) is 11.8. The summed E-state index contributed by atoms with van der Waals surface area (Å²) in [7, 11) is 0. The number of aldehydes is 1. The van der Waals surface area contributed by atoms with Crippen molar-refractivity contribution in [1.82, 2.24) is 0 Å². The fraction of sp³-hybridized carbons (Fsp3) is 0.400. The third-order valence-electron chi connectivity index (χ3n) is 2.67. The van der Waals surface area contributed by atoms with Crippen molar-refractivity contribution in [3.8, 4) is 0 Å². The molecule has 0 unspecified atom stereocenters. The summed E-state index contributed by atoms with van der Waals surface area (Å²) in [6.07, 6.45) is 1.09. The first-order valence-corrected chi connectivity index (χ1v) is 6.77. The van der Waals surface area contributed by atoms with Crippen LogP contribution in [0.15, 0.2) is 24.3 Å². The number of nitrogens with one attached hydrogen (secondary N) is 1. The number of benzene rings is 1. The molecule has 0 heterocycles. The van der Waals surface area contributed by atoms with E-state index >= 15 is 0 Å². The second-order valence-electron chi connectivity index (χ2n) is 4.49. The van der Waals surface area contributed by atoms with Crippen LogP contribution in [0.4, 0.5) is 5.69 Å². The highest BCUT2D eigenvalue weighted by Gasteiger charge is 2.10. The van der Waals surface area contributed by atoms with Gasteiger partial charge in [0.05, 0.1) is 19.6 Å². The average molecular weight is 292 g/mol. The molecule has 0 saturated carbocycles. The van der Waals surface area contributed by atoms with Gasteiger partial charge in [-0.15, -0.1) is 0 Å². The number of carbonyl (C=O) groups excluding carboxylic acids is 3. The molecular weight excluding hydrogens is 272 g/mol. The Morgan fingerprint density at radius 3 is 2.81 bits per heavy atom. The fourth-order valence-electron chi connectivity index (χ4n) is 1.72. The molecule has 21 heavy (non-hydrogen) atoms. The van der Waals surface area contributed by atoms with Crippen molar-refractivity contribution in [1.29, 1.82) is 0 Å². The maximum atomic E-state index is 11.7. The summed E-state index contributed by atoms with van der Waals surface area (Å²) in [6.45, 7) is 1.09. The molecule has 6 heteroatoms. The van der Waals surface area contributed by atoms with Gasteiger partial charge in [0.2, 0.25) is 5.91 Å². The maximum absolute atomic E-state index is 11.7. The molecule has 6 nitrogen and oxygen atoms in total. The lowest BCUT2D eigenvalue weighted by Crippen LogP contribution is -2.18. The molecule has 1 aromatic carbocycles. The molecule has 1 rings (SSSR count). The van der Waals surface area contributed by atoms with E-state index in [0.29, 0.717) is 25.3 Å². The molecule has 0 aliphatic rings. The maximum Gasteiger partial charge on any atom is 0.231 e. The van der Waals surface area contributed by atoms with Gasteiger partial charge in [-0.3, -0.25) is 9.59 Å². The Balaban J connectivity index is 2.37. The first kappa shape index (κ1) is 17.0. The van der Waals surface area contributed by atoms with Gasteiger partial charge in [0.25, 0.3) is 0 Å². The molecule has 0 aliphatic heterocycles. The van der Waals surface area contributed by atoms with Crippen LogP contribution >= 0.6 is 0 Å². The van der Waals surface area contributed by atoms with Crippen molar-refractivity contribution in [3.05, 3.63) is 29.8 Å². The SMILES string of the molecule is NCCOCCC(=O)CC(=O)Nc1cccc(CC=O)c1. The quantitative estimate of drug-likeness (QED) is 0.375. The number of ether oxygens (including phenoxy) is 1. The van der Waals surface area contributed by atoms with Gasteiger partial charge in [-0.05, 0) is 17.7 Å². The minimum Gasteiger partial charge on any atom is -0.380 e. The average Bonchev–Trinajstić information content (AvgIpc) is 2.44. The van der Waals surface area contributed by atoms with Crippen molar-refractivity contribution in [2.45, 2.75) is 19.3 Å². The van der Waals surface area contributed by atoms with Crippen LogP contribution in [-0.2, 0) is 25.5 Å². The van der Waals surface area contributed by atoms with Crippen molar-refractivity contribution in [3.63, 3.8) is 0 Å². The number of carbonyl (C=O) groups is 3. The zero-order valence-electron chi connectivity index (χ0n) is 11.8. The van der Waals surface area contributed by atoms with Crippen molar-refractivity contribution >= 4 is 23.7 Å². The molecule has 0 aromatic heterocycles. The predicted octanol–water partition coefficient (Wildman–Crippen LogP) is 0.691. The second-order valence-corrected chi connectivity index (χ2v) is 4.49. The normalized spacial score (nSPS) is 10.1. The minimum absolute atomic E-state index is 0.187. The molecule has 3 N–H and O–H groups in total. The number of Topliss-reactive ketones (excluding diaryl/α,β-unsaturated/α-hetero) is 1. The van der Waals surface area contributed by atoms with Crippen LogP contribution in [-0.4, -0.2) is 37.7 Å². The van der Waals surface area contributed by atoms with E-state index in [4.69, 9.17) is 10.5 Å². The Kier molecular flexibility index (Phi) is 7.93. The first-order valence-electron chi connectivity index (χ1n) is 6.77. The fourth-order valence-corrected chi connectivity index (χ4v) is 1.72. The van der Waals surface area contributed by atoms with Crippen LogP contribution < -0.4 is 11.1 Å². The molecule has 0 bridgehead atoms. The molecule has 0 spiro atoms. The van der Waals surface area contributed by atoms with E-state index in [-0.39, 0.29) is 31.1 Å². The van der Waals surface area contributed by atoms with Gasteiger partial charge in [0, 0.05) is 25.1 Å². The first-order chi connectivity index (χ1) is 10.2. The largest absolute Gasteiger partial charge is 0.380 e. The molecule has 0 aliphatic carbocycles. The number of amides is 1. The number of nitrogens with two attached hydrogens (primary N) is 1. The van der Waals surface area contributed by atoms with Gasteiger partial charge in [-0.1, -0.05) is 12.1 Å². The van der Waals surface area contributed by atoms with E-state index in [0.717, 1.165) is 11.8 Å². The van der Waals surface area contributed by atoms with Crippen LogP contribution in [0.5, 0.6) is 0 Å². The van der Waals surface area contributed by atoms with Gasteiger partial charge < -0.3 is 20.6 Å². The monoisotopic (exact) mass is 292 g/mol. The van der Waals surface area contributed by atoms with Gasteiger partial charge in [0.1, 0.15) is 12.1 Å². The topological polar surface area (TPSA) is 98.5 Å². The molecule has 0 fully saturated rings. The molecule has 1 aromatic rings. The van der Waals surface area contributed by atoms with Gasteiger partial charge in [-0.25, -0.2) is 0 Å². The molecule has 0 radical (unpaired) electrons. The Morgan fingerprint density at radius 2 is 2.10 bits per heavy atom. The van der Waals surface area contributed by atoms with E-state index < -0.39 is 0 Å². The number of rotatable bonds is 10. The highest BCUT2D eigenvalue weighted by molar-refractivity contribution is 6.04. The Bertz CT molecular complexity index is 488. The summed E-state index contributed by atoms with van der Waals surface area (Å²) >= 11 is 0. The Morgan fingerprint density at radius 1 is 1.29 bits per heavy atom. The summed E-state index contributed by atoms with van der Waals surface area (Å²) in [5, 5.41) is 2.64. The molecule has 0 saturated heterocycles. The summed E-state index contributed by atoms with van der Waals surface area (Å²) in [4.78, 5) is 33.7. The second kappa shape index (κ2) is 9.79. The third kappa shape index (κ3) is 7.34. The van der Waals surface area contributed by atoms with Crippen LogP contribution in [0.2, 0.25) is 0 Å². The number of anilines is 1. The van der Waals surface area contributed by atoms with Crippen molar-refractivity contribution in [2.75, 3.05) is 25.1 Å². The van der Waals surface area contributed by atoms with Gasteiger partial charge in [0.15, 0.2) is 0 Å². The van der Waals surface area contributed by atoms with Crippen LogP contribution in [0.25, 0.3) is 0 Å². The lowest BCUT2D eigenvalue weighted by Gasteiger charge is -2.06. The standard InChI is InChI=1S/C15H20N2O4/c16-6-9-21-8-5-14(19)11-15(20)17-13-3-1-2-12(10-13)4-7-18/h1-3,7,10H,4-6,8-9,11,16H2,(H,17,20). The molecule has 114 valence electrons. The van der Waals surface area contributed by atoms with E-state index in [1.807, 2.05) is 0 Å². The Hall–Kier alpha value is -2.05. The van der Waals surface area contributed by atoms with Crippen molar-refractivity contribution in [2.24, 2.45) is 5.73 Å². The highest BCUT2D eigenvalue weighted by atomic mass is 16.5. The third-order valence-corrected chi connectivity index (χ3v) is 2.67. The summed E-state index contributed by atoms with van der Waals surface area (Å²) in [5.74, 6) is -0.560. The lowest BCUT2D eigenvalue weighted by molar-refractivity contribution is -0.126. The number of ketones is 1. The molecule has 1 amide bonds. The van der Waals surface area contributed by atoms with Crippen LogP contribution in [0.1, 0.15) is 18.4 Å². The lowest BCUT2D eigenvalue weighted by atomic mass is 10.1. The number of hydrogen-bond donors (Lipinski definition) is 2. The van der Waals surface area contributed by atoms with E-state index in [2.05, 4.69) is 5.32 Å². The Labute approximate surface area is 123 Å². The highest BCUT2D eigenvalue weighted by Crippen LogP contribution is 2.11. The summed E-state index contributed by atoms with van der Waals surface area (Å²) in [5.41, 5.74) is 6.63. The van der Waals surface area contributed by atoms with Crippen molar-refractivity contribution < 1.29 is 19.1 Å². The zero-order chi connectivity index (χ0) is 15.5. The minimum atomic E-state index is -0.373. The van der Waals surface area contributed by atoms with Crippen LogP contribution in [0, 0.1) is 0 Å². The van der Waals surface area contributed by atoms with E-state index in [1.165, 1.54) is 0 Å². The molecule has 0 atom stereocenters. The summed E-state index contributed by atoms with van der Waals surface area (Å²) < 4.78 is 5.09. The predicted molar refractivity (Wildman–Crippen MR) is 79.0 cm³/mol. The van der Waals surface area contributed by atoms with Gasteiger partial charge >= 0.3 is 0 Å². The van der Waals surface area contributed by atoms with Gasteiger partial charge in [-0.2, -0.15) is 0 Å². The molecular formula is C15H20N2O4. The number of hydrogen-bond acceptors (Lipinski definition) is 5. The smallest absolute Gasteiger partial charge is 0.231 e. The summed E-state index contributed by atoms with van der Waals surface area (Å²) in [6, 6.07) is 6.96. The van der Waals surface area contributed by atoms with E-state index in [1.54, 1.807) is 24.3 Å². The van der Waals surface area contributed by atoms with E-state index in [9.17, 15) is 14.4 Å². The van der Waals surface area contributed by atoms with Crippen LogP contribution in [0.3, 0.4) is 0 Å².